The van der Waals surface area contributed by atoms with Gasteiger partial charge in [0.1, 0.15) is 31.1 Å². The van der Waals surface area contributed by atoms with Gasteiger partial charge in [-0.05, 0) is 16.7 Å². The van der Waals surface area contributed by atoms with Crippen LogP contribution in [0.25, 0.3) is 0 Å². The number of nitrogens with zero attached hydrogens (tertiary/aromatic N) is 5. The van der Waals surface area contributed by atoms with Crippen molar-refractivity contribution in [3.63, 3.8) is 0 Å². The van der Waals surface area contributed by atoms with E-state index in [0.29, 0.717) is 12.2 Å². The fourth-order valence-corrected chi connectivity index (χ4v) is 7.58. The van der Waals surface area contributed by atoms with Crippen LogP contribution in [0.15, 0.2) is 102 Å². The molecule has 2 N–H and O–H groups in total. The van der Waals surface area contributed by atoms with Gasteiger partial charge >= 0.3 is 6.09 Å². The fourth-order valence-electron chi connectivity index (χ4n) is 5.52. The highest BCUT2D eigenvalue weighted by Gasteiger charge is 2.67. The van der Waals surface area contributed by atoms with E-state index in [1.54, 1.807) is 16.5 Å². The van der Waals surface area contributed by atoms with Gasteiger partial charge in [0.05, 0.1) is 0 Å². The van der Waals surface area contributed by atoms with Gasteiger partial charge in [0.25, 0.3) is 11.8 Å². The third kappa shape index (κ3) is 5.77. The summed E-state index contributed by atoms with van der Waals surface area (Å²) in [6.45, 7) is -0.0215. The fraction of sp³-hybridized carbons (Fsp3) is 0.194. The summed E-state index contributed by atoms with van der Waals surface area (Å²) in [7, 11) is 1.30. The lowest BCUT2D eigenvalue weighted by Crippen LogP contribution is -2.81. The number of ether oxygens (including phenoxy) is 1. The molecule has 2 aromatic heterocycles. The van der Waals surface area contributed by atoms with E-state index in [2.05, 4.69) is 25.8 Å². The molecule has 1 saturated heterocycles. The number of thioether (sulfide) groups is 1. The number of hydrogen-bond acceptors (Lipinski definition) is 11. The van der Waals surface area contributed by atoms with Gasteiger partial charge in [0, 0.05) is 35.6 Å². The molecule has 1 unspecified atom stereocenters. The molecule has 13 nitrogen and oxygen atoms in total. The zero-order valence-corrected chi connectivity index (χ0v) is 25.9. The van der Waals surface area contributed by atoms with Crippen LogP contribution in [0.3, 0.4) is 0 Å². The van der Waals surface area contributed by atoms with Crippen molar-refractivity contribution in [3.8, 4) is 0 Å². The van der Waals surface area contributed by atoms with E-state index in [1.807, 2.05) is 60.7 Å². The molecule has 0 saturated carbocycles. The van der Waals surface area contributed by atoms with Crippen molar-refractivity contribution in [1.29, 1.82) is 0 Å². The number of oxime groups is 1. The number of benzene rings is 2. The van der Waals surface area contributed by atoms with Gasteiger partial charge in [0.2, 0.25) is 6.41 Å². The number of nitrogens with one attached hydrogen (secondary N) is 2. The summed E-state index contributed by atoms with van der Waals surface area (Å²) in [5.41, 5.74) is 0.909. The van der Waals surface area contributed by atoms with Crippen molar-refractivity contribution in [2.75, 3.05) is 24.8 Å². The highest BCUT2D eigenvalue weighted by Crippen LogP contribution is 2.52. The molecule has 46 heavy (non-hydrogen) atoms. The molecule has 2 aromatic carbocycles. The molecule has 0 radical (unpaired) electrons. The largest absolute Gasteiger partial charge is 0.444 e. The SMILES string of the molecule is CON=C(C(=O)NC1(C(c2ccccc2)c2ccccc2)C(=O)N2C=C(COC(=O)n3ccnc3)CS[C@@H]21)c1csc(NC=O)n1. The molecule has 0 bridgehead atoms. The lowest BCUT2D eigenvalue weighted by atomic mass is 9.69. The quantitative estimate of drug-likeness (QED) is 0.107. The standard InChI is InChI=1S/C31H27N7O6S2/c1-43-36-25(23-17-46-29(34-23)33-19-39)26(40)35-31(24(21-8-4-2-5-9-21)22-10-6-3-7-11-22)27(41)38-14-20(16-45-28(31)38)15-44-30(42)37-13-12-32-18-37/h2-14,17-19,24,28H,15-16H2,1H3,(H,35,40)(H,33,34,39)/t28-,31?/m1/s1. The first-order valence-corrected chi connectivity index (χ1v) is 15.9. The van der Waals surface area contributed by atoms with E-state index < -0.39 is 28.8 Å². The zero-order valence-electron chi connectivity index (χ0n) is 24.3. The van der Waals surface area contributed by atoms with E-state index in [0.717, 1.165) is 28.0 Å². The number of carbonyl (C=O) groups is 4. The predicted molar refractivity (Wildman–Crippen MR) is 171 cm³/mol. The topological polar surface area (TPSA) is 157 Å². The third-order valence-electron chi connectivity index (χ3n) is 7.44. The maximum atomic E-state index is 14.5. The first kappa shape index (κ1) is 30.7. The Morgan fingerprint density at radius 2 is 1.87 bits per heavy atom. The number of thiazole rings is 1. The van der Waals surface area contributed by atoms with Crippen molar-refractivity contribution < 1.29 is 28.8 Å². The van der Waals surface area contributed by atoms with Gasteiger partial charge in [-0.2, -0.15) is 0 Å². The average molecular weight is 658 g/mol. The predicted octanol–water partition coefficient (Wildman–Crippen LogP) is 3.43. The Morgan fingerprint density at radius 1 is 1.15 bits per heavy atom. The van der Waals surface area contributed by atoms with E-state index in [1.165, 1.54) is 42.2 Å². The van der Waals surface area contributed by atoms with Crippen molar-refractivity contribution in [3.05, 3.63) is 113 Å². The minimum atomic E-state index is -1.46. The van der Waals surface area contributed by atoms with E-state index in [9.17, 15) is 19.2 Å². The molecule has 0 aliphatic carbocycles. The van der Waals surface area contributed by atoms with Gasteiger partial charge in [-0.1, -0.05) is 65.8 Å². The number of rotatable bonds is 11. The second-order valence-electron chi connectivity index (χ2n) is 10.2. The number of anilines is 1. The molecule has 6 rings (SSSR count). The smallest absolute Gasteiger partial charge is 0.419 e. The highest BCUT2D eigenvalue weighted by molar-refractivity contribution is 8.00. The molecule has 15 heteroatoms. The summed E-state index contributed by atoms with van der Waals surface area (Å²) in [6, 6.07) is 19.0. The van der Waals surface area contributed by atoms with E-state index in [-0.39, 0.29) is 29.1 Å². The summed E-state index contributed by atoms with van der Waals surface area (Å²) in [6.07, 6.45) is 5.88. The summed E-state index contributed by atoms with van der Waals surface area (Å²) < 4.78 is 6.65. The Balaban J connectivity index is 1.37. The summed E-state index contributed by atoms with van der Waals surface area (Å²) in [5.74, 6) is -1.20. The zero-order chi connectivity index (χ0) is 32.1. The maximum Gasteiger partial charge on any atom is 0.419 e. The Hall–Kier alpha value is -5.28. The summed E-state index contributed by atoms with van der Waals surface area (Å²) in [5, 5.41) is 10.8. The normalized spacial score (nSPS) is 19.0. The molecule has 2 aliphatic rings. The Morgan fingerprint density at radius 3 is 2.50 bits per heavy atom. The Labute approximate surface area is 271 Å². The molecular formula is C31H27N7O6S2. The lowest BCUT2D eigenvalue weighted by Gasteiger charge is -2.59. The number of carbonyl (C=O) groups excluding carboxylic acids is 4. The van der Waals surface area contributed by atoms with Gasteiger partial charge in [0.15, 0.2) is 16.4 Å². The van der Waals surface area contributed by atoms with Crippen LogP contribution in [0.4, 0.5) is 9.93 Å². The summed E-state index contributed by atoms with van der Waals surface area (Å²) >= 11 is 2.56. The van der Waals surface area contributed by atoms with Crippen LogP contribution in [0.5, 0.6) is 0 Å². The average Bonchev–Trinajstić information content (AvgIpc) is 3.80. The van der Waals surface area contributed by atoms with Gasteiger partial charge in [-0.3, -0.25) is 14.4 Å². The molecule has 1 fully saturated rings. The van der Waals surface area contributed by atoms with Crippen molar-refractivity contribution in [1.82, 2.24) is 24.8 Å². The van der Waals surface area contributed by atoms with Crippen LogP contribution in [0.1, 0.15) is 22.7 Å². The third-order valence-corrected chi connectivity index (χ3v) is 9.67. The van der Waals surface area contributed by atoms with Crippen LogP contribution in [0.2, 0.25) is 0 Å². The van der Waals surface area contributed by atoms with Crippen LogP contribution in [-0.4, -0.2) is 79.8 Å². The van der Waals surface area contributed by atoms with Crippen molar-refractivity contribution >= 4 is 58.3 Å². The van der Waals surface area contributed by atoms with Crippen molar-refractivity contribution in [2.24, 2.45) is 5.16 Å². The number of amides is 3. The molecule has 4 aromatic rings. The number of hydrogen-bond donors (Lipinski definition) is 2. The Bertz CT molecular complexity index is 1760. The van der Waals surface area contributed by atoms with Crippen LogP contribution in [0, 0.1) is 0 Å². The molecular weight excluding hydrogens is 631 g/mol. The monoisotopic (exact) mass is 657 g/mol. The van der Waals surface area contributed by atoms with Crippen LogP contribution in [-0.2, 0) is 24.0 Å². The minimum Gasteiger partial charge on any atom is -0.444 e. The number of fused-ring (bicyclic) bond motifs is 1. The number of aromatic nitrogens is 3. The maximum absolute atomic E-state index is 14.5. The first-order valence-electron chi connectivity index (χ1n) is 13.9. The lowest BCUT2D eigenvalue weighted by molar-refractivity contribution is -0.154. The molecule has 2 aliphatic heterocycles. The molecule has 3 amide bonds. The van der Waals surface area contributed by atoms with Gasteiger partial charge in [-0.15, -0.1) is 23.1 Å². The minimum absolute atomic E-state index is 0.0215. The van der Waals surface area contributed by atoms with Crippen LogP contribution < -0.4 is 10.6 Å². The summed E-state index contributed by atoms with van der Waals surface area (Å²) in [4.78, 5) is 66.7. The van der Waals surface area contributed by atoms with Gasteiger partial charge in [-0.25, -0.2) is 19.3 Å². The first-order chi connectivity index (χ1) is 22.5. The molecule has 4 heterocycles. The second-order valence-corrected chi connectivity index (χ2v) is 12.1. The number of imidazole rings is 1. The van der Waals surface area contributed by atoms with E-state index in [4.69, 9.17) is 9.57 Å². The molecule has 0 spiro atoms. The van der Waals surface area contributed by atoms with Crippen molar-refractivity contribution in [2.45, 2.75) is 16.8 Å². The molecule has 2 atom stereocenters. The molecule has 234 valence electrons. The second kappa shape index (κ2) is 13.4. The highest BCUT2D eigenvalue weighted by atomic mass is 32.2. The Kier molecular flexibility index (Phi) is 8.94. The van der Waals surface area contributed by atoms with Crippen LogP contribution >= 0.6 is 23.1 Å². The van der Waals surface area contributed by atoms with Gasteiger partial charge < -0.3 is 25.1 Å². The van der Waals surface area contributed by atoms with E-state index >= 15 is 0 Å². The number of β-lactam (4-membered cyclic amide) rings is 1.